The van der Waals surface area contributed by atoms with Crippen LogP contribution in [0, 0.1) is 6.92 Å². The second-order valence-electron chi connectivity index (χ2n) is 5.19. The van der Waals surface area contributed by atoms with E-state index < -0.39 is 0 Å². The van der Waals surface area contributed by atoms with E-state index in [-0.39, 0.29) is 5.91 Å². The van der Waals surface area contributed by atoms with Crippen molar-refractivity contribution in [2.75, 3.05) is 12.4 Å². The third-order valence-corrected chi connectivity index (χ3v) is 3.58. The molecule has 2 rings (SSSR count). The molecule has 1 amide bonds. The van der Waals surface area contributed by atoms with Crippen molar-refractivity contribution in [3.8, 4) is 0 Å². The Morgan fingerprint density at radius 1 is 1.24 bits per heavy atom. The second kappa shape index (κ2) is 6.88. The Morgan fingerprint density at radius 2 is 2.00 bits per heavy atom. The number of amides is 1. The van der Waals surface area contributed by atoms with Gasteiger partial charge in [0.1, 0.15) is 0 Å². The lowest BCUT2D eigenvalue weighted by Crippen LogP contribution is -2.23. The Kier molecular flexibility index (Phi) is 4.93. The van der Waals surface area contributed by atoms with E-state index in [4.69, 9.17) is 0 Å². The van der Waals surface area contributed by atoms with Gasteiger partial charge in [-0.15, -0.1) is 0 Å². The largest absolute Gasteiger partial charge is 0.381 e. The van der Waals surface area contributed by atoms with E-state index in [1.807, 2.05) is 43.6 Å². The molecular formula is C17H21N3O. The number of carbonyl (C=O) groups is 1. The number of nitrogens with zero attached hydrogens (tertiary/aromatic N) is 2. The summed E-state index contributed by atoms with van der Waals surface area (Å²) in [5, 5.41) is 3.44. The molecule has 1 N–H and O–H groups in total. The number of anilines is 1. The number of benzene rings is 1. The molecule has 0 atom stereocenters. The SMILES string of the molecule is CC(=O)N(C)Cc1ccccc1NCc1cnccc1C. The first-order chi connectivity index (χ1) is 10.1. The molecule has 4 heteroatoms. The van der Waals surface area contributed by atoms with Crippen molar-refractivity contribution in [1.82, 2.24) is 9.88 Å². The fourth-order valence-electron chi connectivity index (χ4n) is 2.07. The summed E-state index contributed by atoms with van der Waals surface area (Å²) in [6.07, 6.45) is 3.68. The summed E-state index contributed by atoms with van der Waals surface area (Å²) in [6.45, 7) is 4.98. The number of aromatic nitrogens is 1. The molecule has 0 aliphatic rings. The molecule has 0 fully saturated rings. The molecule has 4 nitrogen and oxygen atoms in total. The molecule has 1 heterocycles. The minimum absolute atomic E-state index is 0.0629. The number of hydrogen-bond acceptors (Lipinski definition) is 3. The van der Waals surface area contributed by atoms with Crippen LogP contribution in [0.3, 0.4) is 0 Å². The zero-order valence-electron chi connectivity index (χ0n) is 12.8. The number of rotatable bonds is 5. The summed E-state index contributed by atoms with van der Waals surface area (Å²) in [7, 11) is 1.81. The Morgan fingerprint density at radius 3 is 2.71 bits per heavy atom. The first-order valence-corrected chi connectivity index (χ1v) is 7.01. The maximum absolute atomic E-state index is 11.4. The minimum Gasteiger partial charge on any atom is -0.381 e. The number of pyridine rings is 1. The molecule has 110 valence electrons. The molecule has 2 aromatic rings. The minimum atomic E-state index is 0.0629. The Labute approximate surface area is 125 Å². The molecule has 0 aliphatic carbocycles. The summed E-state index contributed by atoms with van der Waals surface area (Å²) < 4.78 is 0. The van der Waals surface area contributed by atoms with Crippen LogP contribution in [0.25, 0.3) is 0 Å². The molecule has 0 spiro atoms. The molecule has 0 saturated carbocycles. The fraction of sp³-hybridized carbons (Fsp3) is 0.294. The zero-order valence-corrected chi connectivity index (χ0v) is 12.8. The van der Waals surface area contributed by atoms with E-state index in [0.717, 1.165) is 17.8 Å². The highest BCUT2D eigenvalue weighted by molar-refractivity contribution is 5.73. The van der Waals surface area contributed by atoms with Crippen LogP contribution in [0.4, 0.5) is 5.69 Å². The fourth-order valence-corrected chi connectivity index (χ4v) is 2.07. The zero-order chi connectivity index (χ0) is 15.2. The topological polar surface area (TPSA) is 45.2 Å². The van der Waals surface area contributed by atoms with Crippen LogP contribution in [-0.2, 0) is 17.9 Å². The van der Waals surface area contributed by atoms with Crippen molar-refractivity contribution >= 4 is 11.6 Å². The molecule has 1 aromatic carbocycles. The van der Waals surface area contributed by atoms with E-state index in [9.17, 15) is 4.79 Å². The van der Waals surface area contributed by atoms with E-state index >= 15 is 0 Å². The van der Waals surface area contributed by atoms with Gasteiger partial charge in [0.25, 0.3) is 0 Å². The van der Waals surface area contributed by atoms with Crippen LogP contribution < -0.4 is 5.32 Å². The summed E-state index contributed by atoms with van der Waals surface area (Å²) in [6, 6.07) is 10.1. The first kappa shape index (κ1) is 15.0. The Balaban J connectivity index is 2.10. The van der Waals surface area contributed by atoms with Crippen LogP contribution in [0.1, 0.15) is 23.6 Å². The standard InChI is InChI=1S/C17H21N3O/c1-13-8-9-18-10-16(13)11-19-17-7-5-4-6-15(17)12-20(3)14(2)21/h4-10,19H,11-12H2,1-3H3. The van der Waals surface area contributed by atoms with Crippen molar-refractivity contribution in [2.45, 2.75) is 26.9 Å². The maximum atomic E-state index is 11.4. The van der Waals surface area contributed by atoms with Gasteiger partial charge in [0.05, 0.1) is 0 Å². The monoisotopic (exact) mass is 283 g/mol. The third kappa shape index (κ3) is 4.05. The average Bonchev–Trinajstić information content (AvgIpc) is 2.47. The summed E-state index contributed by atoms with van der Waals surface area (Å²) >= 11 is 0. The average molecular weight is 283 g/mol. The molecule has 0 aliphatic heterocycles. The van der Waals surface area contributed by atoms with Crippen LogP contribution in [0.5, 0.6) is 0 Å². The first-order valence-electron chi connectivity index (χ1n) is 7.01. The maximum Gasteiger partial charge on any atom is 0.219 e. The lowest BCUT2D eigenvalue weighted by atomic mass is 10.1. The molecule has 0 radical (unpaired) electrons. The van der Waals surface area contributed by atoms with Crippen LogP contribution in [-0.4, -0.2) is 22.8 Å². The highest BCUT2D eigenvalue weighted by Crippen LogP contribution is 2.18. The van der Waals surface area contributed by atoms with Gasteiger partial charge in [-0.05, 0) is 35.7 Å². The van der Waals surface area contributed by atoms with Gasteiger partial charge in [-0.2, -0.15) is 0 Å². The van der Waals surface area contributed by atoms with Crippen molar-refractivity contribution in [2.24, 2.45) is 0 Å². The predicted molar refractivity (Wildman–Crippen MR) is 84.9 cm³/mol. The quantitative estimate of drug-likeness (QED) is 0.917. The smallest absolute Gasteiger partial charge is 0.219 e. The molecular weight excluding hydrogens is 262 g/mol. The van der Waals surface area contributed by atoms with E-state index in [2.05, 4.69) is 17.2 Å². The van der Waals surface area contributed by atoms with Gasteiger partial charge in [-0.25, -0.2) is 0 Å². The van der Waals surface area contributed by atoms with Gasteiger partial charge in [0.15, 0.2) is 0 Å². The van der Waals surface area contributed by atoms with Gasteiger partial charge in [0, 0.05) is 45.1 Å². The van der Waals surface area contributed by atoms with Crippen LogP contribution in [0.2, 0.25) is 0 Å². The Bertz CT molecular complexity index is 625. The van der Waals surface area contributed by atoms with Crippen molar-refractivity contribution < 1.29 is 4.79 Å². The molecule has 21 heavy (non-hydrogen) atoms. The van der Waals surface area contributed by atoms with Crippen LogP contribution >= 0.6 is 0 Å². The molecule has 1 aromatic heterocycles. The van der Waals surface area contributed by atoms with E-state index in [1.54, 1.807) is 18.0 Å². The highest BCUT2D eigenvalue weighted by atomic mass is 16.2. The van der Waals surface area contributed by atoms with Crippen molar-refractivity contribution in [3.63, 3.8) is 0 Å². The highest BCUT2D eigenvalue weighted by Gasteiger charge is 2.07. The van der Waals surface area contributed by atoms with Gasteiger partial charge in [-0.1, -0.05) is 18.2 Å². The number of para-hydroxylation sites is 1. The van der Waals surface area contributed by atoms with E-state index in [0.29, 0.717) is 6.54 Å². The summed E-state index contributed by atoms with van der Waals surface area (Å²) in [5.41, 5.74) is 4.55. The van der Waals surface area contributed by atoms with Gasteiger partial charge in [0.2, 0.25) is 5.91 Å². The predicted octanol–water partition coefficient (Wildman–Crippen LogP) is 2.98. The lowest BCUT2D eigenvalue weighted by molar-refractivity contribution is -0.128. The number of carbonyl (C=O) groups excluding carboxylic acids is 1. The third-order valence-electron chi connectivity index (χ3n) is 3.58. The van der Waals surface area contributed by atoms with Gasteiger partial charge >= 0.3 is 0 Å². The van der Waals surface area contributed by atoms with Gasteiger partial charge < -0.3 is 10.2 Å². The van der Waals surface area contributed by atoms with Crippen molar-refractivity contribution in [3.05, 3.63) is 59.4 Å². The second-order valence-corrected chi connectivity index (χ2v) is 5.19. The molecule has 0 bridgehead atoms. The summed E-state index contributed by atoms with van der Waals surface area (Å²) in [5.74, 6) is 0.0629. The normalized spacial score (nSPS) is 10.2. The van der Waals surface area contributed by atoms with Gasteiger partial charge in [-0.3, -0.25) is 9.78 Å². The van der Waals surface area contributed by atoms with Crippen LogP contribution in [0.15, 0.2) is 42.7 Å². The summed E-state index contributed by atoms with van der Waals surface area (Å²) in [4.78, 5) is 17.2. The number of aryl methyl sites for hydroxylation is 1. The number of hydrogen-bond donors (Lipinski definition) is 1. The number of nitrogens with one attached hydrogen (secondary N) is 1. The van der Waals surface area contributed by atoms with Crippen molar-refractivity contribution in [1.29, 1.82) is 0 Å². The lowest BCUT2D eigenvalue weighted by Gasteiger charge is -2.18. The molecule has 0 saturated heterocycles. The Hall–Kier alpha value is -2.36. The van der Waals surface area contributed by atoms with E-state index in [1.165, 1.54) is 11.1 Å². The molecule has 0 unspecified atom stereocenters.